The van der Waals surface area contributed by atoms with Gasteiger partial charge in [-0.05, 0) is 62.4 Å². The van der Waals surface area contributed by atoms with Crippen molar-refractivity contribution in [1.82, 2.24) is 10.2 Å². The first kappa shape index (κ1) is 21.6. The molecule has 1 aliphatic heterocycles. The second-order valence-electron chi connectivity index (χ2n) is 7.53. The number of likely N-dealkylation sites (tertiary alicyclic amines) is 1. The largest absolute Gasteiger partial charge is 0.338 e. The Labute approximate surface area is 181 Å². The van der Waals surface area contributed by atoms with Gasteiger partial charge in [0.1, 0.15) is 0 Å². The van der Waals surface area contributed by atoms with E-state index in [0.29, 0.717) is 15.9 Å². The number of piperidine rings is 1. The van der Waals surface area contributed by atoms with E-state index in [1.807, 2.05) is 35.2 Å². The number of thiophene rings is 1. The van der Waals surface area contributed by atoms with Crippen LogP contribution in [0.15, 0.2) is 42.5 Å². The van der Waals surface area contributed by atoms with Gasteiger partial charge in [0, 0.05) is 24.8 Å². The molecule has 2 aromatic rings. The number of amides is 3. The molecule has 1 aromatic carbocycles. The van der Waals surface area contributed by atoms with Gasteiger partial charge in [-0.25, -0.2) is 4.79 Å². The maximum Gasteiger partial charge on any atom is 0.324 e. The first-order valence-corrected chi connectivity index (χ1v) is 10.7. The predicted molar refractivity (Wildman–Crippen MR) is 120 cm³/mol. The molecule has 0 atom stereocenters. The molecule has 4 rings (SSSR count). The lowest BCUT2D eigenvalue weighted by Crippen LogP contribution is -2.45. The lowest BCUT2D eigenvalue weighted by molar-refractivity contribution is 0.0710. The van der Waals surface area contributed by atoms with Crippen molar-refractivity contribution >= 4 is 46.4 Å². The first-order valence-electron chi connectivity index (χ1n) is 9.93. The van der Waals surface area contributed by atoms with Crippen molar-refractivity contribution in [2.24, 2.45) is 5.92 Å². The summed E-state index contributed by atoms with van der Waals surface area (Å²) in [6, 6.07) is 13.1. The standard InChI is InChI=1S/C21H26N4O2S.ClH/c26-20(25-12-10-16(11-13-25)22-14-15-6-7-15)18-8-9-19(28-18)24-21(27)23-17-4-2-1-3-5-17;/h1-5,8-9,15-16,22H,6-7,10-14H2,(H2,23,24,27);1H. The monoisotopic (exact) mass is 434 g/mol. The quantitative estimate of drug-likeness (QED) is 0.630. The highest BCUT2D eigenvalue weighted by Gasteiger charge is 2.27. The summed E-state index contributed by atoms with van der Waals surface area (Å²) < 4.78 is 0. The summed E-state index contributed by atoms with van der Waals surface area (Å²) >= 11 is 1.32. The Morgan fingerprint density at radius 3 is 2.38 bits per heavy atom. The number of rotatable bonds is 6. The van der Waals surface area contributed by atoms with Crippen LogP contribution in [0.25, 0.3) is 0 Å². The molecule has 1 aliphatic carbocycles. The molecule has 3 amide bonds. The molecule has 2 aliphatic rings. The van der Waals surface area contributed by atoms with Gasteiger partial charge in [-0.2, -0.15) is 0 Å². The van der Waals surface area contributed by atoms with E-state index in [-0.39, 0.29) is 24.3 Å². The van der Waals surface area contributed by atoms with E-state index in [1.165, 1.54) is 24.2 Å². The summed E-state index contributed by atoms with van der Waals surface area (Å²) in [7, 11) is 0. The molecule has 29 heavy (non-hydrogen) atoms. The summed E-state index contributed by atoms with van der Waals surface area (Å²) in [5, 5.41) is 9.88. The second kappa shape index (κ2) is 10.1. The fourth-order valence-corrected chi connectivity index (χ4v) is 4.28. The molecule has 156 valence electrons. The first-order chi connectivity index (χ1) is 13.7. The van der Waals surface area contributed by atoms with Crippen LogP contribution in [-0.2, 0) is 0 Å². The van der Waals surface area contributed by atoms with Gasteiger partial charge in [0.2, 0.25) is 0 Å². The molecule has 8 heteroatoms. The average molecular weight is 435 g/mol. The normalized spacial score (nSPS) is 16.8. The number of carbonyl (C=O) groups is 2. The Balaban J connectivity index is 0.00000240. The van der Waals surface area contributed by atoms with Gasteiger partial charge in [-0.15, -0.1) is 23.7 Å². The maximum absolute atomic E-state index is 12.8. The van der Waals surface area contributed by atoms with E-state index in [4.69, 9.17) is 0 Å². The lowest BCUT2D eigenvalue weighted by Gasteiger charge is -2.32. The number of anilines is 2. The van der Waals surface area contributed by atoms with Gasteiger partial charge >= 0.3 is 6.03 Å². The van der Waals surface area contributed by atoms with E-state index >= 15 is 0 Å². The molecule has 1 aromatic heterocycles. The van der Waals surface area contributed by atoms with Crippen LogP contribution in [0, 0.1) is 5.92 Å². The van der Waals surface area contributed by atoms with Crippen molar-refractivity contribution in [3.8, 4) is 0 Å². The predicted octanol–water partition coefficient (Wildman–Crippen LogP) is 4.42. The van der Waals surface area contributed by atoms with Crippen molar-refractivity contribution < 1.29 is 9.59 Å². The van der Waals surface area contributed by atoms with Crippen molar-refractivity contribution in [3.63, 3.8) is 0 Å². The third kappa shape index (κ3) is 6.19. The Bertz CT molecular complexity index is 817. The molecule has 0 radical (unpaired) electrons. The minimum absolute atomic E-state index is 0. The molecule has 6 nitrogen and oxygen atoms in total. The van der Waals surface area contributed by atoms with Gasteiger partial charge in [0.05, 0.1) is 9.88 Å². The van der Waals surface area contributed by atoms with Crippen molar-refractivity contribution in [2.75, 3.05) is 30.3 Å². The highest BCUT2D eigenvalue weighted by Crippen LogP contribution is 2.28. The summed E-state index contributed by atoms with van der Waals surface area (Å²) in [5.41, 5.74) is 0.728. The molecule has 2 fully saturated rings. The number of para-hydroxylation sites is 1. The molecule has 1 saturated heterocycles. The smallest absolute Gasteiger partial charge is 0.324 e. The number of hydrogen-bond donors (Lipinski definition) is 3. The number of hydrogen-bond acceptors (Lipinski definition) is 4. The maximum atomic E-state index is 12.8. The molecule has 0 spiro atoms. The van der Waals surface area contributed by atoms with Crippen molar-refractivity contribution in [1.29, 1.82) is 0 Å². The molecular formula is C21H27ClN4O2S. The zero-order chi connectivity index (χ0) is 19.3. The van der Waals surface area contributed by atoms with Crippen LogP contribution < -0.4 is 16.0 Å². The molecule has 1 saturated carbocycles. The van der Waals surface area contributed by atoms with Crippen molar-refractivity contribution in [2.45, 2.75) is 31.7 Å². The summed E-state index contributed by atoms with van der Waals surface area (Å²) in [6.45, 7) is 2.70. The van der Waals surface area contributed by atoms with E-state index in [2.05, 4.69) is 16.0 Å². The number of nitrogens with one attached hydrogen (secondary N) is 3. The molecule has 0 bridgehead atoms. The third-order valence-corrected chi connectivity index (χ3v) is 6.25. The Hall–Kier alpha value is -2.09. The minimum atomic E-state index is -0.311. The fourth-order valence-electron chi connectivity index (χ4n) is 3.41. The zero-order valence-electron chi connectivity index (χ0n) is 16.2. The second-order valence-corrected chi connectivity index (χ2v) is 8.61. The summed E-state index contributed by atoms with van der Waals surface area (Å²) in [4.78, 5) is 27.4. The number of carbonyl (C=O) groups excluding carboxylic acids is 2. The highest BCUT2D eigenvalue weighted by atomic mass is 35.5. The average Bonchev–Trinajstić information content (AvgIpc) is 3.44. The molecule has 3 N–H and O–H groups in total. The van der Waals surface area contributed by atoms with Crippen LogP contribution in [0.5, 0.6) is 0 Å². The van der Waals surface area contributed by atoms with E-state index < -0.39 is 0 Å². The van der Waals surface area contributed by atoms with Gasteiger partial charge in [-0.3, -0.25) is 10.1 Å². The molecular weight excluding hydrogens is 408 g/mol. The summed E-state index contributed by atoms with van der Waals surface area (Å²) in [5.74, 6) is 0.943. The van der Waals surface area contributed by atoms with Crippen LogP contribution >= 0.6 is 23.7 Å². The molecule has 2 heterocycles. The summed E-state index contributed by atoms with van der Waals surface area (Å²) in [6.07, 6.45) is 4.74. The third-order valence-electron chi connectivity index (χ3n) is 5.26. The van der Waals surface area contributed by atoms with E-state index in [1.54, 1.807) is 12.1 Å². The van der Waals surface area contributed by atoms with Crippen LogP contribution in [0.2, 0.25) is 0 Å². The van der Waals surface area contributed by atoms with E-state index in [9.17, 15) is 9.59 Å². The van der Waals surface area contributed by atoms with Crippen LogP contribution in [0.4, 0.5) is 15.5 Å². The SMILES string of the molecule is Cl.O=C(Nc1ccccc1)Nc1ccc(C(=O)N2CCC(NCC3CC3)CC2)s1. The number of urea groups is 1. The van der Waals surface area contributed by atoms with Crippen LogP contribution in [-0.4, -0.2) is 42.5 Å². The van der Waals surface area contributed by atoms with Gasteiger partial charge in [0.25, 0.3) is 5.91 Å². The topological polar surface area (TPSA) is 73.5 Å². The fraction of sp³-hybridized carbons (Fsp3) is 0.429. The van der Waals surface area contributed by atoms with Crippen molar-refractivity contribution in [3.05, 3.63) is 47.3 Å². The van der Waals surface area contributed by atoms with Gasteiger partial charge in [0.15, 0.2) is 0 Å². The lowest BCUT2D eigenvalue weighted by atomic mass is 10.0. The Kier molecular flexibility index (Phi) is 7.52. The van der Waals surface area contributed by atoms with Gasteiger partial charge < -0.3 is 15.5 Å². The Morgan fingerprint density at radius 1 is 0.966 bits per heavy atom. The zero-order valence-corrected chi connectivity index (χ0v) is 17.9. The van der Waals surface area contributed by atoms with E-state index in [0.717, 1.165) is 44.1 Å². The van der Waals surface area contributed by atoms with Gasteiger partial charge in [-0.1, -0.05) is 18.2 Å². The number of nitrogens with zero attached hydrogens (tertiary/aromatic N) is 1. The molecule has 0 unspecified atom stereocenters. The van der Waals surface area contributed by atoms with Crippen LogP contribution in [0.3, 0.4) is 0 Å². The number of benzene rings is 1. The highest BCUT2D eigenvalue weighted by molar-refractivity contribution is 7.18. The number of halogens is 1. The minimum Gasteiger partial charge on any atom is -0.338 e. The van der Waals surface area contributed by atoms with Crippen LogP contribution in [0.1, 0.15) is 35.4 Å². The Morgan fingerprint density at radius 2 is 1.69 bits per heavy atom.